The summed E-state index contributed by atoms with van der Waals surface area (Å²) in [5.41, 5.74) is 7.19. The second-order valence-electron chi connectivity index (χ2n) is 2.46. The van der Waals surface area contributed by atoms with Gasteiger partial charge >= 0.3 is 0 Å². The smallest absolute Gasteiger partial charge is 0.0858 e. The minimum Gasteiger partial charge on any atom is -0.397 e. The fourth-order valence-electron chi connectivity index (χ4n) is 0.857. The van der Waals surface area contributed by atoms with Gasteiger partial charge in [-0.3, -0.25) is 4.98 Å². The van der Waals surface area contributed by atoms with E-state index in [0.717, 1.165) is 5.69 Å². The van der Waals surface area contributed by atoms with E-state index in [2.05, 4.69) is 11.6 Å². The lowest BCUT2D eigenvalue weighted by Gasteiger charge is -1.96. The van der Waals surface area contributed by atoms with Gasteiger partial charge in [0.1, 0.15) is 0 Å². The molecule has 1 aromatic heterocycles. The number of nitrogens with two attached hydrogens (primary N) is 1. The zero-order valence-corrected chi connectivity index (χ0v) is 7.35. The first-order chi connectivity index (χ1) is 6.34. The van der Waals surface area contributed by atoms with Crippen molar-refractivity contribution in [1.82, 2.24) is 4.98 Å². The van der Waals surface area contributed by atoms with Crippen LogP contribution in [0.3, 0.4) is 0 Å². The highest BCUT2D eigenvalue weighted by atomic mass is 14.7. The van der Waals surface area contributed by atoms with E-state index < -0.39 is 0 Å². The number of rotatable bonds is 3. The van der Waals surface area contributed by atoms with Gasteiger partial charge in [-0.2, -0.15) is 0 Å². The highest BCUT2D eigenvalue weighted by molar-refractivity contribution is 5.60. The van der Waals surface area contributed by atoms with E-state index in [4.69, 9.17) is 5.73 Å². The van der Waals surface area contributed by atoms with Gasteiger partial charge in [0.05, 0.1) is 11.4 Å². The van der Waals surface area contributed by atoms with Crippen LogP contribution in [0.25, 0.3) is 5.70 Å². The molecule has 1 heterocycles. The van der Waals surface area contributed by atoms with Gasteiger partial charge in [0.25, 0.3) is 0 Å². The molecule has 0 fully saturated rings. The summed E-state index contributed by atoms with van der Waals surface area (Å²) in [5, 5.41) is 0. The van der Waals surface area contributed by atoms with Crippen LogP contribution in [0, 0.1) is 0 Å². The molecule has 1 aromatic rings. The molecule has 2 heteroatoms. The van der Waals surface area contributed by atoms with Crippen LogP contribution in [0.15, 0.2) is 55.3 Å². The molecule has 0 aliphatic rings. The molecule has 0 amide bonds. The third-order valence-electron chi connectivity index (χ3n) is 1.48. The lowest BCUT2D eigenvalue weighted by atomic mass is 10.2. The molecule has 0 aliphatic heterocycles. The van der Waals surface area contributed by atoms with Crippen molar-refractivity contribution in [3.05, 3.63) is 61.0 Å². The summed E-state index contributed by atoms with van der Waals surface area (Å²) < 4.78 is 0. The summed E-state index contributed by atoms with van der Waals surface area (Å²) in [6.07, 6.45) is 8.85. The number of hydrogen-bond acceptors (Lipinski definition) is 2. The summed E-state index contributed by atoms with van der Waals surface area (Å²) in [6, 6.07) is 5.63. The average molecular weight is 172 g/mol. The fourth-order valence-corrected chi connectivity index (χ4v) is 0.857. The van der Waals surface area contributed by atoms with E-state index in [9.17, 15) is 0 Å². The molecule has 0 spiro atoms. The van der Waals surface area contributed by atoms with Crippen molar-refractivity contribution in [2.45, 2.75) is 0 Å². The molecule has 2 nitrogen and oxygen atoms in total. The normalized spacial score (nSPS) is 11.8. The highest BCUT2D eigenvalue weighted by Gasteiger charge is 1.92. The Hall–Kier alpha value is -1.83. The van der Waals surface area contributed by atoms with Crippen LogP contribution in [-0.4, -0.2) is 4.98 Å². The summed E-state index contributed by atoms with van der Waals surface area (Å²) in [7, 11) is 0. The van der Waals surface area contributed by atoms with E-state index >= 15 is 0 Å². The molecule has 0 aliphatic carbocycles. The van der Waals surface area contributed by atoms with Crippen LogP contribution in [0.4, 0.5) is 0 Å². The maximum absolute atomic E-state index is 5.75. The molecule has 0 bridgehead atoms. The molecule has 2 N–H and O–H groups in total. The van der Waals surface area contributed by atoms with Crippen molar-refractivity contribution in [2.75, 3.05) is 0 Å². The number of nitrogens with zero attached hydrogens (tertiary/aromatic N) is 1. The Morgan fingerprint density at radius 1 is 1.38 bits per heavy atom. The lowest BCUT2D eigenvalue weighted by Crippen LogP contribution is -1.97. The largest absolute Gasteiger partial charge is 0.397 e. The van der Waals surface area contributed by atoms with Crippen LogP contribution in [0.1, 0.15) is 5.69 Å². The Kier molecular flexibility index (Phi) is 3.51. The first-order valence-electron chi connectivity index (χ1n) is 4.01. The molecule has 66 valence electrons. The third kappa shape index (κ3) is 2.95. The predicted molar refractivity (Wildman–Crippen MR) is 55.7 cm³/mol. The molecular formula is C11H12N2. The minimum absolute atomic E-state index is 0.652. The van der Waals surface area contributed by atoms with Crippen molar-refractivity contribution in [2.24, 2.45) is 5.73 Å². The van der Waals surface area contributed by atoms with Gasteiger partial charge in [-0.15, -0.1) is 0 Å². The Morgan fingerprint density at radius 3 is 2.85 bits per heavy atom. The second-order valence-corrected chi connectivity index (χ2v) is 2.46. The van der Waals surface area contributed by atoms with Gasteiger partial charge in [0, 0.05) is 6.20 Å². The lowest BCUT2D eigenvalue weighted by molar-refractivity contribution is 1.26. The zero-order valence-electron chi connectivity index (χ0n) is 7.35. The van der Waals surface area contributed by atoms with Crippen molar-refractivity contribution < 1.29 is 0 Å². The SMILES string of the molecule is C=C/C=C\C=C(/N)c1ccccn1. The first-order valence-corrected chi connectivity index (χ1v) is 4.01. The van der Waals surface area contributed by atoms with Crippen molar-refractivity contribution in [3.8, 4) is 0 Å². The van der Waals surface area contributed by atoms with Crippen molar-refractivity contribution >= 4 is 5.70 Å². The van der Waals surface area contributed by atoms with E-state index in [1.165, 1.54) is 0 Å². The van der Waals surface area contributed by atoms with E-state index in [1.807, 2.05) is 30.4 Å². The van der Waals surface area contributed by atoms with Crippen molar-refractivity contribution in [1.29, 1.82) is 0 Å². The Balaban J connectivity index is 2.79. The summed E-state index contributed by atoms with van der Waals surface area (Å²) >= 11 is 0. The number of pyridine rings is 1. The van der Waals surface area contributed by atoms with Gasteiger partial charge in [-0.05, 0) is 18.2 Å². The third-order valence-corrected chi connectivity index (χ3v) is 1.48. The van der Waals surface area contributed by atoms with E-state index in [-0.39, 0.29) is 0 Å². The Labute approximate surface area is 78.1 Å². The molecule has 13 heavy (non-hydrogen) atoms. The van der Waals surface area contributed by atoms with Crippen LogP contribution in [0.2, 0.25) is 0 Å². The van der Waals surface area contributed by atoms with Crippen LogP contribution in [-0.2, 0) is 0 Å². The maximum atomic E-state index is 5.75. The maximum Gasteiger partial charge on any atom is 0.0858 e. The molecule has 0 radical (unpaired) electrons. The van der Waals surface area contributed by atoms with Crippen LogP contribution >= 0.6 is 0 Å². The summed E-state index contributed by atoms with van der Waals surface area (Å²) in [4.78, 5) is 4.10. The molecule has 0 saturated heterocycles. The fraction of sp³-hybridized carbons (Fsp3) is 0. The van der Waals surface area contributed by atoms with E-state index in [0.29, 0.717) is 5.70 Å². The van der Waals surface area contributed by atoms with Gasteiger partial charge in [-0.25, -0.2) is 0 Å². The molecule has 0 aromatic carbocycles. The predicted octanol–water partition coefficient (Wildman–Crippen LogP) is 2.12. The molecular weight excluding hydrogens is 160 g/mol. The summed E-state index contributed by atoms with van der Waals surface area (Å²) in [5.74, 6) is 0. The molecule has 0 atom stereocenters. The summed E-state index contributed by atoms with van der Waals surface area (Å²) in [6.45, 7) is 3.56. The average Bonchev–Trinajstić information content (AvgIpc) is 2.19. The van der Waals surface area contributed by atoms with Gasteiger partial charge < -0.3 is 5.73 Å². The highest BCUT2D eigenvalue weighted by Crippen LogP contribution is 2.03. The van der Waals surface area contributed by atoms with Crippen molar-refractivity contribution in [3.63, 3.8) is 0 Å². The Morgan fingerprint density at radius 2 is 2.23 bits per heavy atom. The molecule has 0 saturated carbocycles. The number of allylic oxidation sites excluding steroid dienone is 4. The van der Waals surface area contributed by atoms with Gasteiger partial charge in [-0.1, -0.05) is 30.9 Å². The zero-order chi connectivity index (χ0) is 9.52. The van der Waals surface area contributed by atoms with Gasteiger partial charge in [0.2, 0.25) is 0 Å². The monoisotopic (exact) mass is 172 g/mol. The quantitative estimate of drug-likeness (QED) is 0.709. The first kappa shape index (κ1) is 9.26. The van der Waals surface area contributed by atoms with Crippen LogP contribution < -0.4 is 5.73 Å². The molecule has 0 unspecified atom stereocenters. The van der Waals surface area contributed by atoms with E-state index in [1.54, 1.807) is 18.3 Å². The second kappa shape index (κ2) is 4.93. The number of hydrogen-bond donors (Lipinski definition) is 1. The standard InChI is InChI=1S/C11H12N2/c1-2-3-4-7-10(12)11-8-5-6-9-13-11/h2-9H,1,12H2/b4-3-,10-7-. The Bertz CT molecular complexity index is 323. The topological polar surface area (TPSA) is 38.9 Å². The van der Waals surface area contributed by atoms with Gasteiger partial charge in [0.15, 0.2) is 0 Å². The molecule has 1 rings (SSSR count). The minimum atomic E-state index is 0.652. The van der Waals surface area contributed by atoms with Crippen LogP contribution in [0.5, 0.6) is 0 Å². The number of aromatic nitrogens is 1.